The van der Waals surface area contributed by atoms with Gasteiger partial charge in [0, 0.05) is 51.0 Å². The van der Waals surface area contributed by atoms with Gasteiger partial charge < -0.3 is 16.0 Å². The van der Waals surface area contributed by atoms with Gasteiger partial charge in [-0.1, -0.05) is 20.8 Å². The predicted octanol–water partition coefficient (Wildman–Crippen LogP) is 1.22. The number of hydrogen-bond donors (Lipinski definition) is 3. The molecule has 1 fully saturated rings. The molecular formula is C18H33N5O. The predicted molar refractivity (Wildman–Crippen MR) is 97.3 cm³/mol. The molecule has 6 nitrogen and oxygen atoms in total. The van der Waals surface area contributed by atoms with Crippen molar-refractivity contribution in [3.05, 3.63) is 11.8 Å². The molecule has 0 unspecified atom stereocenters. The van der Waals surface area contributed by atoms with Gasteiger partial charge in [-0.05, 0) is 25.7 Å². The second-order valence-corrected chi connectivity index (χ2v) is 8.28. The first-order valence-corrected chi connectivity index (χ1v) is 8.72. The molecule has 0 atom stereocenters. The second kappa shape index (κ2) is 9.05. The lowest BCUT2D eigenvalue weighted by atomic mass is 9.82. The van der Waals surface area contributed by atoms with Gasteiger partial charge in [-0.3, -0.25) is 9.69 Å². The van der Waals surface area contributed by atoms with E-state index in [1.165, 1.54) is 0 Å². The second-order valence-electron chi connectivity index (χ2n) is 8.28. The molecule has 0 aliphatic carbocycles. The van der Waals surface area contributed by atoms with E-state index in [4.69, 9.17) is 0 Å². The monoisotopic (exact) mass is 335 g/mol. The zero-order valence-electron chi connectivity index (χ0n) is 15.8. The molecule has 0 radical (unpaired) electrons. The Bertz CT molecular complexity index is 479. The zero-order valence-corrected chi connectivity index (χ0v) is 15.8. The van der Waals surface area contributed by atoms with Crippen molar-refractivity contribution in [3.63, 3.8) is 0 Å². The highest BCUT2D eigenvalue weighted by Crippen LogP contribution is 2.26. The highest BCUT2D eigenvalue weighted by Gasteiger charge is 2.24. The van der Waals surface area contributed by atoms with E-state index in [2.05, 4.69) is 55.5 Å². The van der Waals surface area contributed by atoms with Crippen molar-refractivity contribution in [3.8, 4) is 6.07 Å². The minimum atomic E-state index is -0.313. The van der Waals surface area contributed by atoms with Crippen LogP contribution in [0, 0.1) is 16.7 Å². The Balaban J connectivity index is 2.45. The van der Waals surface area contributed by atoms with Gasteiger partial charge in [-0.2, -0.15) is 5.26 Å². The Morgan fingerprint density at radius 2 is 1.88 bits per heavy atom. The van der Waals surface area contributed by atoms with Crippen LogP contribution in [0.2, 0.25) is 0 Å². The SMILES string of the molecule is CC(C)(C)CC(C)(C)N/C=C(/C#N)C(=O)NCCN1CCNCC1. The standard InChI is InChI=1S/C18H33N5O/c1-17(2,3)14-18(4,5)22-13-15(12-19)16(24)21-8-11-23-9-6-20-7-10-23/h13,20,22H,6-11,14H2,1-5H3,(H,21,24)/b15-13-. The molecule has 6 heteroatoms. The van der Waals surface area contributed by atoms with Crippen molar-refractivity contribution in [2.45, 2.75) is 46.6 Å². The lowest BCUT2D eigenvalue weighted by molar-refractivity contribution is -0.117. The Morgan fingerprint density at radius 1 is 1.25 bits per heavy atom. The third-order valence-electron chi connectivity index (χ3n) is 3.87. The number of carbonyl (C=O) groups excluding carboxylic acids is 1. The number of piperazine rings is 1. The van der Waals surface area contributed by atoms with Crippen molar-refractivity contribution in [2.75, 3.05) is 39.3 Å². The van der Waals surface area contributed by atoms with E-state index >= 15 is 0 Å². The molecule has 1 aliphatic rings. The topological polar surface area (TPSA) is 80.2 Å². The van der Waals surface area contributed by atoms with Crippen LogP contribution in [0.5, 0.6) is 0 Å². The maximum absolute atomic E-state index is 12.1. The molecule has 1 aliphatic heterocycles. The van der Waals surface area contributed by atoms with Crippen LogP contribution in [0.1, 0.15) is 41.0 Å². The van der Waals surface area contributed by atoms with Crippen LogP contribution in [-0.4, -0.2) is 55.6 Å². The molecule has 0 aromatic rings. The number of carbonyl (C=O) groups is 1. The van der Waals surface area contributed by atoms with E-state index in [-0.39, 0.29) is 22.4 Å². The summed E-state index contributed by atoms with van der Waals surface area (Å²) in [6, 6.07) is 1.99. The third kappa shape index (κ3) is 8.32. The number of nitrogens with one attached hydrogen (secondary N) is 3. The minimum Gasteiger partial charge on any atom is -0.385 e. The smallest absolute Gasteiger partial charge is 0.263 e. The summed E-state index contributed by atoms with van der Waals surface area (Å²) < 4.78 is 0. The number of rotatable bonds is 7. The van der Waals surface area contributed by atoms with E-state index in [1.54, 1.807) is 6.20 Å². The Kier molecular flexibility index (Phi) is 7.71. The molecule has 0 saturated carbocycles. The molecular weight excluding hydrogens is 302 g/mol. The van der Waals surface area contributed by atoms with Crippen molar-refractivity contribution < 1.29 is 4.79 Å². The summed E-state index contributed by atoms with van der Waals surface area (Å²) >= 11 is 0. The summed E-state index contributed by atoms with van der Waals surface area (Å²) in [5, 5.41) is 18.6. The molecule has 136 valence electrons. The van der Waals surface area contributed by atoms with Crippen molar-refractivity contribution in [1.29, 1.82) is 5.26 Å². The van der Waals surface area contributed by atoms with Gasteiger partial charge in [-0.25, -0.2) is 0 Å². The fraction of sp³-hybridized carbons (Fsp3) is 0.778. The molecule has 1 amide bonds. The first-order chi connectivity index (χ1) is 11.1. The summed E-state index contributed by atoms with van der Waals surface area (Å²) in [6.07, 6.45) is 2.48. The van der Waals surface area contributed by atoms with Crippen LogP contribution in [0.25, 0.3) is 0 Å². The molecule has 0 aromatic carbocycles. The molecule has 1 heterocycles. The van der Waals surface area contributed by atoms with Crippen LogP contribution in [0.3, 0.4) is 0 Å². The van der Waals surface area contributed by atoms with E-state index in [1.807, 2.05) is 6.07 Å². The van der Waals surface area contributed by atoms with Gasteiger partial charge >= 0.3 is 0 Å². The molecule has 1 rings (SSSR count). The zero-order chi connectivity index (χ0) is 18.2. The molecule has 24 heavy (non-hydrogen) atoms. The van der Waals surface area contributed by atoms with E-state index < -0.39 is 0 Å². The minimum absolute atomic E-state index is 0.122. The van der Waals surface area contributed by atoms with Crippen LogP contribution >= 0.6 is 0 Å². The fourth-order valence-electron chi connectivity index (χ4n) is 3.15. The summed E-state index contributed by atoms with van der Waals surface area (Å²) in [5.41, 5.74) is 0.113. The number of hydrogen-bond acceptors (Lipinski definition) is 5. The van der Waals surface area contributed by atoms with E-state index in [0.29, 0.717) is 6.54 Å². The highest BCUT2D eigenvalue weighted by atomic mass is 16.1. The molecule has 1 saturated heterocycles. The van der Waals surface area contributed by atoms with Gasteiger partial charge in [0.15, 0.2) is 0 Å². The Hall–Kier alpha value is -1.58. The lowest BCUT2D eigenvalue weighted by Gasteiger charge is -2.33. The fourth-order valence-corrected chi connectivity index (χ4v) is 3.15. The Labute approximate surface area is 146 Å². The maximum atomic E-state index is 12.1. The Morgan fingerprint density at radius 3 is 2.42 bits per heavy atom. The first kappa shape index (κ1) is 20.5. The maximum Gasteiger partial charge on any atom is 0.263 e. The lowest BCUT2D eigenvalue weighted by Crippen LogP contribution is -2.46. The number of nitrogens with zero attached hydrogens (tertiary/aromatic N) is 2. The van der Waals surface area contributed by atoms with Crippen molar-refractivity contribution >= 4 is 5.91 Å². The van der Waals surface area contributed by atoms with Gasteiger partial charge in [0.05, 0.1) is 0 Å². The quantitative estimate of drug-likeness (QED) is 0.481. The summed E-state index contributed by atoms with van der Waals surface area (Å²) in [5.74, 6) is -0.313. The van der Waals surface area contributed by atoms with Crippen LogP contribution < -0.4 is 16.0 Å². The van der Waals surface area contributed by atoms with Crippen LogP contribution in [-0.2, 0) is 4.79 Å². The molecule has 0 aromatic heterocycles. The third-order valence-corrected chi connectivity index (χ3v) is 3.87. The summed E-state index contributed by atoms with van der Waals surface area (Å²) in [6.45, 7) is 16.0. The highest BCUT2D eigenvalue weighted by molar-refractivity contribution is 5.97. The van der Waals surface area contributed by atoms with Gasteiger partial charge in [0.2, 0.25) is 0 Å². The average molecular weight is 335 g/mol. The molecule has 0 spiro atoms. The van der Waals surface area contributed by atoms with Gasteiger partial charge in [0.1, 0.15) is 11.6 Å². The summed E-state index contributed by atoms with van der Waals surface area (Å²) in [7, 11) is 0. The van der Waals surface area contributed by atoms with E-state index in [9.17, 15) is 10.1 Å². The first-order valence-electron chi connectivity index (χ1n) is 8.72. The van der Waals surface area contributed by atoms with Gasteiger partial charge in [-0.15, -0.1) is 0 Å². The molecule has 3 N–H and O–H groups in total. The average Bonchev–Trinajstić information content (AvgIpc) is 2.46. The van der Waals surface area contributed by atoms with Crippen molar-refractivity contribution in [1.82, 2.24) is 20.9 Å². The van der Waals surface area contributed by atoms with Crippen molar-refractivity contribution in [2.24, 2.45) is 5.41 Å². The largest absolute Gasteiger partial charge is 0.385 e. The van der Waals surface area contributed by atoms with Gasteiger partial charge in [0.25, 0.3) is 5.91 Å². The van der Waals surface area contributed by atoms with Crippen LogP contribution in [0.4, 0.5) is 0 Å². The summed E-state index contributed by atoms with van der Waals surface area (Å²) in [4.78, 5) is 14.4. The molecule has 0 bridgehead atoms. The normalized spacial score (nSPS) is 17.2. The number of amides is 1. The number of nitriles is 1. The van der Waals surface area contributed by atoms with Crippen LogP contribution in [0.15, 0.2) is 11.8 Å². The van der Waals surface area contributed by atoms with E-state index in [0.717, 1.165) is 39.1 Å².